The Morgan fingerprint density at radius 2 is 1.59 bits per heavy atom. The molecule has 2 aliphatic heterocycles. The highest BCUT2D eigenvalue weighted by molar-refractivity contribution is 7.99. The Kier molecular flexibility index (Phi) is 12.6. The summed E-state index contributed by atoms with van der Waals surface area (Å²) < 4.78 is 37.8. The summed E-state index contributed by atoms with van der Waals surface area (Å²) >= 11 is 1.67. The molecule has 1 unspecified atom stereocenters. The Morgan fingerprint density at radius 3 is 2.36 bits per heavy atom. The molecule has 0 aliphatic carbocycles. The first-order valence-corrected chi connectivity index (χ1v) is 22.1. The summed E-state index contributed by atoms with van der Waals surface area (Å²) in [5.74, 6) is 1.74. The number of nitro benzene ring substituents is 1. The van der Waals surface area contributed by atoms with Gasteiger partial charge < -0.3 is 19.5 Å². The predicted octanol–water partition coefficient (Wildman–Crippen LogP) is 6.14. The van der Waals surface area contributed by atoms with Crippen LogP contribution < -0.4 is 14.9 Å². The van der Waals surface area contributed by atoms with Crippen molar-refractivity contribution < 1.29 is 18.1 Å². The van der Waals surface area contributed by atoms with E-state index in [1.165, 1.54) is 18.5 Å². The number of aromatic nitrogens is 4. The fourth-order valence-corrected chi connectivity index (χ4v) is 9.44. The minimum Gasteiger partial charge on any atom is -0.379 e. The number of para-hydroxylation sites is 1. The lowest BCUT2D eigenvalue weighted by Crippen LogP contribution is -2.46. The smallest absolute Gasteiger partial charge is 0.293 e. The molecule has 15 nitrogen and oxygen atoms in total. The molecule has 0 radical (unpaired) electrons. The summed E-state index contributed by atoms with van der Waals surface area (Å²) in [5, 5.41) is 16.3. The van der Waals surface area contributed by atoms with Gasteiger partial charge in [0.25, 0.3) is 15.7 Å². The fourth-order valence-electron chi connectivity index (χ4n) is 7.39. The first kappa shape index (κ1) is 40.2. The molecule has 0 spiro atoms. The number of hydrogen-bond donors (Lipinski definition) is 2. The maximum Gasteiger partial charge on any atom is 0.293 e. The Labute approximate surface area is 347 Å². The summed E-state index contributed by atoms with van der Waals surface area (Å²) in [5.41, 5.74) is 2.56. The van der Waals surface area contributed by atoms with Crippen LogP contribution in [-0.2, 0) is 21.3 Å². The first-order chi connectivity index (χ1) is 28.8. The number of hydrogen-bond acceptors (Lipinski definition) is 13. The van der Waals surface area contributed by atoms with Crippen molar-refractivity contribution in [3.05, 3.63) is 132 Å². The predicted molar refractivity (Wildman–Crippen MR) is 231 cm³/mol. The molecule has 2 saturated heterocycles. The van der Waals surface area contributed by atoms with Gasteiger partial charge in [-0.2, -0.15) is 0 Å². The third kappa shape index (κ3) is 10.00. The van der Waals surface area contributed by atoms with Crippen molar-refractivity contribution in [3.63, 3.8) is 0 Å². The zero-order valence-corrected chi connectivity index (χ0v) is 34.1. The van der Waals surface area contributed by atoms with Gasteiger partial charge in [-0.05, 0) is 61.0 Å². The van der Waals surface area contributed by atoms with E-state index < -0.39 is 14.9 Å². The van der Waals surface area contributed by atoms with Gasteiger partial charge in [-0.15, -0.1) is 11.8 Å². The van der Waals surface area contributed by atoms with Crippen LogP contribution in [0.5, 0.6) is 0 Å². The SMILES string of the molecule is O=[N+]([O-])c1cc(S(=O)(=O)Nc2ncnc3cc(N4CCN(Cc5nccn5-c5ccccc5)CC4)ccc23)ccc1NC(CCN1CCOCC1)CSc1ccccc1. The van der Waals surface area contributed by atoms with E-state index in [2.05, 4.69) is 56.4 Å². The zero-order chi connectivity index (χ0) is 40.6. The van der Waals surface area contributed by atoms with Crippen LogP contribution in [0.4, 0.5) is 22.9 Å². The Bertz CT molecular complexity index is 2460. The number of nitrogens with one attached hydrogen (secondary N) is 2. The van der Waals surface area contributed by atoms with Crippen LogP contribution in [0.2, 0.25) is 0 Å². The molecule has 1 atom stereocenters. The summed E-state index contributed by atoms with van der Waals surface area (Å²) in [6.07, 6.45) is 5.87. The Hall–Kier alpha value is -5.59. The van der Waals surface area contributed by atoms with Gasteiger partial charge in [-0.3, -0.25) is 24.6 Å². The van der Waals surface area contributed by atoms with Gasteiger partial charge >= 0.3 is 0 Å². The third-order valence-corrected chi connectivity index (χ3v) is 13.1. The molecule has 4 heterocycles. The minimum absolute atomic E-state index is 0.0891. The average Bonchev–Trinajstić information content (AvgIpc) is 3.73. The highest BCUT2D eigenvalue weighted by Crippen LogP contribution is 2.32. The molecule has 2 aliphatic rings. The second-order valence-electron chi connectivity index (χ2n) is 14.5. The number of benzene rings is 4. The van der Waals surface area contributed by atoms with Gasteiger partial charge in [-0.25, -0.2) is 23.4 Å². The highest BCUT2D eigenvalue weighted by atomic mass is 32.2. The molecule has 0 saturated carbocycles. The monoisotopic (exact) mass is 834 g/mol. The number of rotatable bonds is 16. The number of morpholine rings is 1. The van der Waals surface area contributed by atoms with E-state index in [4.69, 9.17) is 4.74 Å². The van der Waals surface area contributed by atoms with E-state index in [-0.39, 0.29) is 28.1 Å². The van der Waals surface area contributed by atoms with E-state index in [0.717, 1.165) is 86.9 Å². The number of anilines is 3. The van der Waals surface area contributed by atoms with Gasteiger partial charge in [0.05, 0.1) is 35.1 Å². The van der Waals surface area contributed by atoms with Crippen molar-refractivity contribution in [2.45, 2.75) is 28.8 Å². The number of imidazole rings is 1. The van der Waals surface area contributed by atoms with Crippen LogP contribution in [0.15, 0.2) is 126 Å². The van der Waals surface area contributed by atoms with Crippen molar-refractivity contribution >= 4 is 55.6 Å². The van der Waals surface area contributed by atoms with Crippen molar-refractivity contribution in [1.29, 1.82) is 0 Å². The van der Waals surface area contributed by atoms with Crippen LogP contribution in [0.1, 0.15) is 12.2 Å². The summed E-state index contributed by atoms with van der Waals surface area (Å²) in [6.45, 7) is 7.85. The summed E-state index contributed by atoms with van der Waals surface area (Å²) in [4.78, 5) is 33.0. The lowest BCUT2D eigenvalue weighted by atomic mass is 10.2. The molecular weight excluding hydrogens is 789 g/mol. The minimum atomic E-state index is -4.27. The van der Waals surface area contributed by atoms with Crippen molar-refractivity contribution in [1.82, 2.24) is 29.3 Å². The molecule has 17 heteroatoms. The van der Waals surface area contributed by atoms with Crippen LogP contribution in [0.25, 0.3) is 16.6 Å². The number of ether oxygens (including phenoxy) is 1. The van der Waals surface area contributed by atoms with Crippen LogP contribution in [-0.4, -0.2) is 113 Å². The van der Waals surface area contributed by atoms with Gasteiger partial charge in [0.1, 0.15) is 17.8 Å². The number of nitrogens with zero attached hydrogens (tertiary/aromatic N) is 8. The standard InChI is InChI=1S/C42H46N10O5S2/c53-52(54)40-28-36(12-14-38(40)46-32(15-17-48-23-25-57-26-24-48)30-58-35-9-5-2-6-10-35)59(55,56)47-42-37-13-11-34(27-39(37)44-31-45-42)50-21-19-49(20-22-50)29-41-43-16-18-51(41)33-7-3-1-4-8-33/h1-14,16,18,27-28,31-32,46H,15,17,19-26,29-30H2,(H,44,45,47). The van der Waals surface area contributed by atoms with Crippen molar-refractivity contribution in [2.75, 3.05) is 79.7 Å². The second kappa shape index (κ2) is 18.6. The van der Waals surface area contributed by atoms with Crippen molar-refractivity contribution in [3.8, 4) is 5.69 Å². The maximum atomic E-state index is 13.8. The van der Waals surface area contributed by atoms with Crippen LogP contribution >= 0.6 is 11.8 Å². The summed E-state index contributed by atoms with van der Waals surface area (Å²) in [7, 11) is -4.27. The summed E-state index contributed by atoms with van der Waals surface area (Å²) in [6, 6.07) is 29.7. The number of sulfonamides is 1. The van der Waals surface area contributed by atoms with Gasteiger partial charge in [0, 0.05) is 97.7 Å². The molecule has 2 N–H and O–H groups in total. The molecule has 2 fully saturated rings. The molecule has 306 valence electrons. The molecule has 2 aromatic heterocycles. The first-order valence-electron chi connectivity index (χ1n) is 19.6. The van der Waals surface area contributed by atoms with Crippen LogP contribution in [0, 0.1) is 10.1 Å². The average molecular weight is 835 g/mol. The topological polar surface area (TPSA) is 164 Å². The number of fused-ring (bicyclic) bond motifs is 1. The molecule has 0 bridgehead atoms. The van der Waals surface area contributed by atoms with E-state index in [0.29, 0.717) is 29.9 Å². The Morgan fingerprint density at radius 1 is 0.831 bits per heavy atom. The van der Waals surface area contributed by atoms with E-state index in [9.17, 15) is 18.5 Å². The van der Waals surface area contributed by atoms with E-state index >= 15 is 0 Å². The normalized spacial score (nSPS) is 15.9. The van der Waals surface area contributed by atoms with Gasteiger partial charge in [-0.1, -0.05) is 36.4 Å². The largest absolute Gasteiger partial charge is 0.379 e. The lowest BCUT2D eigenvalue weighted by Gasteiger charge is -2.36. The van der Waals surface area contributed by atoms with E-state index in [1.807, 2.05) is 79.1 Å². The molecule has 0 amide bonds. The molecular formula is C42H46N10O5S2. The third-order valence-electron chi connectivity index (χ3n) is 10.6. The van der Waals surface area contributed by atoms with E-state index in [1.54, 1.807) is 11.8 Å². The molecule has 6 aromatic rings. The highest BCUT2D eigenvalue weighted by Gasteiger charge is 2.26. The maximum absolute atomic E-state index is 13.8. The fraction of sp³-hybridized carbons (Fsp3) is 0.310. The van der Waals surface area contributed by atoms with Crippen LogP contribution in [0.3, 0.4) is 0 Å². The van der Waals surface area contributed by atoms with Gasteiger partial charge in [0.15, 0.2) is 5.82 Å². The number of thioether (sulfide) groups is 1. The number of nitro groups is 1. The quantitative estimate of drug-likeness (QED) is 0.0650. The molecule has 59 heavy (non-hydrogen) atoms. The Balaban J connectivity index is 0.935. The zero-order valence-electron chi connectivity index (χ0n) is 32.5. The lowest BCUT2D eigenvalue weighted by molar-refractivity contribution is -0.384. The van der Waals surface area contributed by atoms with Crippen molar-refractivity contribution in [2.24, 2.45) is 0 Å². The second-order valence-corrected chi connectivity index (χ2v) is 17.3. The number of piperazine rings is 1. The molecule has 8 rings (SSSR count). The molecule has 4 aromatic carbocycles. The van der Waals surface area contributed by atoms with Gasteiger partial charge in [0.2, 0.25) is 0 Å².